The first kappa shape index (κ1) is 19.5. The summed E-state index contributed by atoms with van der Waals surface area (Å²) in [5, 5.41) is 2.92. The third kappa shape index (κ3) is 4.92. The Bertz CT molecular complexity index is 889. The summed E-state index contributed by atoms with van der Waals surface area (Å²) in [4.78, 5) is 35.9. The molecule has 2 aromatic rings. The van der Waals surface area contributed by atoms with E-state index >= 15 is 0 Å². The molecule has 146 valence electrons. The topological polar surface area (TPSA) is 106 Å². The Kier molecular flexibility index (Phi) is 6.33. The first-order chi connectivity index (χ1) is 13.5. The van der Waals surface area contributed by atoms with Gasteiger partial charge in [0.25, 0.3) is 11.8 Å². The summed E-state index contributed by atoms with van der Waals surface area (Å²) in [6, 6.07) is 13.6. The van der Waals surface area contributed by atoms with E-state index < -0.39 is 17.9 Å². The largest absolute Gasteiger partial charge is 0.485 e. The molecule has 0 radical (unpaired) electrons. The fourth-order valence-electron chi connectivity index (χ4n) is 2.45. The fraction of sp³-hybridized carbons (Fsp3) is 0.211. The van der Waals surface area contributed by atoms with Gasteiger partial charge in [0, 0.05) is 13.0 Å². The van der Waals surface area contributed by atoms with Crippen LogP contribution in [0, 0.1) is 0 Å². The molecule has 9 heteroatoms. The van der Waals surface area contributed by atoms with Gasteiger partial charge in [0.15, 0.2) is 11.5 Å². The molecule has 3 amide bonds. The number of para-hydroxylation sites is 2. The lowest BCUT2D eigenvalue weighted by molar-refractivity contribution is -0.135. The van der Waals surface area contributed by atoms with Crippen molar-refractivity contribution < 1.29 is 23.9 Å². The molecule has 28 heavy (non-hydrogen) atoms. The van der Waals surface area contributed by atoms with Crippen LogP contribution in [0.3, 0.4) is 0 Å². The Labute approximate surface area is 166 Å². The second-order valence-corrected chi connectivity index (χ2v) is 6.29. The average molecular weight is 404 g/mol. The number of carbonyl (C=O) groups excluding carboxylic acids is 3. The highest BCUT2D eigenvalue weighted by molar-refractivity contribution is 6.33. The Morgan fingerprint density at radius 2 is 1.71 bits per heavy atom. The van der Waals surface area contributed by atoms with E-state index in [0.29, 0.717) is 22.1 Å². The minimum absolute atomic E-state index is 0.0265. The highest BCUT2D eigenvalue weighted by Crippen LogP contribution is 2.30. The molecule has 0 saturated heterocycles. The lowest BCUT2D eigenvalue weighted by Gasteiger charge is -2.25. The first-order valence-electron chi connectivity index (χ1n) is 8.54. The van der Waals surface area contributed by atoms with Crippen molar-refractivity contribution in [1.82, 2.24) is 16.2 Å². The van der Waals surface area contributed by atoms with Crippen molar-refractivity contribution >= 4 is 29.3 Å². The van der Waals surface area contributed by atoms with E-state index in [1.54, 1.807) is 48.5 Å². The molecular weight excluding hydrogens is 386 g/mol. The summed E-state index contributed by atoms with van der Waals surface area (Å²) in [6.07, 6.45) is -0.906. The Morgan fingerprint density at radius 1 is 1.00 bits per heavy atom. The van der Waals surface area contributed by atoms with Crippen molar-refractivity contribution in [2.45, 2.75) is 12.5 Å². The van der Waals surface area contributed by atoms with Gasteiger partial charge in [-0.25, -0.2) is 0 Å². The smallest absolute Gasteiger partial charge is 0.283 e. The number of benzene rings is 2. The normalized spacial score (nSPS) is 14.7. The molecule has 1 heterocycles. The minimum Gasteiger partial charge on any atom is -0.485 e. The highest BCUT2D eigenvalue weighted by Gasteiger charge is 2.27. The molecule has 0 fully saturated rings. The molecule has 1 atom stereocenters. The number of amides is 3. The molecule has 0 aromatic heterocycles. The molecule has 0 aliphatic carbocycles. The van der Waals surface area contributed by atoms with Gasteiger partial charge in [0.1, 0.15) is 6.61 Å². The molecule has 3 rings (SSSR count). The lowest BCUT2D eigenvalue weighted by atomic mass is 10.2. The quantitative estimate of drug-likeness (QED) is 0.655. The summed E-state index contributed by atoms with van der Waals surface area (Å²) in [5.41, 5.74) is 4.89. The van der Waals surface area contributed by atoms with Gasteiger partial charge in [-0.3, -0.25) is 25.2 Å². The monoisotopic (exact) mass is 403 g/mol. The van der Waals surface area contributed by atoms with Gasteiger partial charge in [0.2, 0.25) is 12.0 Å². The lowest BCUT2D eigenvalue weighted by Crippen LogP contribution is -2.51. The van der Waals surface area contributed by atoms with Gasteiger partial charge in [0.05, 0.1) is 10.6 Å². The number of hydrogen-bond donors (Lipinski definition) is 3. The molecule has 1 aliphatic heterocycles. The Hall–Kier alpha value is -3.26. The summed E-state index contributed by atoms with van der Waals surface area (Å²) >= 11 is 5.94. The maximum atomic E-state index is 12.1. The van der Waals surface area contributed by atoms with E-state index in [4.69, 9.17) is 21.1 Å². The third-order valence-electron chi connectivity index (χ3n) is 3.88. The van der Waals surface area contributed by atoms with Crippen LogP contribution in [0.5, 0.6) is 11.5 Å². The molecule has 0 saturated carbocycles. The number of carbonyl (C=O) groups is 3. The highest BCUT2D eigenvalue weighted by atomic mass is 35.5. The molecule has 1 aliphatic rings. The maximum absolute atomic E-state index is 12.1. The van der Waals surface area contributed by atoms with E-state index in [0.717, 1.165) is 0 Å². The van der Waals surface area contributed by atoms with E-state index in [9.17, 15) is 14.4 Å². The molecule has 0 unspecified atom stereocenters. The van der Waals surface area contributed by atoms with Crippen LogP contribution >= 0.6 is 11.6 Å². The van der Waals surface area contributed by atoms with E-state index in [1.165, 1.54) is 0 Å². The molecule has 8 nitrogen and oxygen atoms in total. The van der Waals surface area contributed by atoms with Crippen LogP contribution in [0.15, 0.2) is 48.5 Å². The van der Waals surface area contributed by atoms with Crippen LogP contribution in [0.1, 0.15) is 16.8 Å². The molecule has 0 spiro atoms. The van der Waals surface area contributed by atoms with Crippen molar-refractivity contribution in [2.24, 2.45) is 0 Å². The zero-order valence-corrected chi connectivity index (χ0v) is 15.5. The number of fused-ring (bicyclic) bond motifs is 1. The second kappa shape index (κ2) is 9.09. The molecule has 0 bridgehead atoms. The summed E-state index contributed by atoms with van der Waals surface area (Å²) in [6.45, 7) is 0.120. The van der Waals surface area contributed by atoms with Crippen molar-refractivity contribution in [3.05, 3.63) is 59.1 Å². The SMILES string of the molecule is O=C(CCNC(=O)c1ccccc1Cl)NNC(=O)[C@@H]1COc2ccccc2O1. The van der Waals surface area contributed by atoms with Gasteiger partial charge in [-0.15, -0.1) is 0 Å². The molecule has 2 aromatic carbocycles. The van der Waals surface area contributed by atoms with Gasteiger partial charge in [-0.2, -0.15) is 0 Å². The number of nitrogens with one attached hydrogen (secondary N) is 3. The maximum Gasteiger partial charge on any atom is 0.283 e. The minimum atomic E-state index is -0.880. The fourth-order valence-corrected chi connectivity index (χ4v) is 2.67. The van der Waals surface area contributed by atoms with Gasteiger partial charge >= 0.3 is 0 Å². The number of ether oxygens (including phenoxy) is 2. The Balaban J connectivity index is 1.38. The van der Waals surface area contributed by atoms with Crippen LogP contribution in [0.2, 0.25) is 5.02 Å². The number of halogens is 1. The average Bonchev–Trinajstić information content (AvgIpc) is 2.71. The van der Waals surface area contributed by atoms with E-state index in [-0.39, 0.29) is 25.5 Å². The van der Waals surface area contributed by atoms with Gasteiger partial charge in [-0.1, -0.05) is 35.9 Å². The zero-order valence-electron chi connectivity index (χ0n) is 14.7. The van der Waals surface area contributed by atoms with Crippen LogP contribution in [-0.4, -0.2) is 37.0 Å². The second-order valence-electron chi connectivity index (χ2n) is 5.89. The van der Waals surface area contributed by atoms with Crippen molar-refractivity contribution in [3.8, 4) is 11.5 Å². The summed E-state index contributed by atoms with van der Waals surface area (Å²) in [7, 11) is 0. The zero-order chi connectivity index (χ0) is 19.9. The predicted molar refractivity (Wildman–Crippen MR) is 101 cm³/mol. The summed E-state index contributed by atoms with van der Waals surface area (Å²) < 4.78 is 11.0. The number of hydrogen-bond acceptors (Lipinski definition) is 5. The van der Waals surface area contributed by atoms with Gasteiger partial charge < -0.3 is 14.8 Å². The first-order valence-corrected chi connectivity index (χ1v) is 8.92. The predicted octanol–water partition coefficient (Wildman–Crippen LogP) is 1.45. The van der Waals surface area contributed by atoms with E-state index in [1.807, 2.05) is 0 Å². The van der Waals surface area contributed by atoms with Gasteiger partial charge in [-0.05, 0) is 24.3 Å². The molecule has 3 N–H and O–H groups in total. The van der Waals surface area contributed by atoms with Crippen LogP contribution in [0.4, 0.5) is 0 Å². The van der Waals surface area contributed by atoms with Crippen molar-refractivity contribution in [2.75, 3.05) is 13.2 Å². The Morgan fingerprint density at radius 3 is 2.50 bits per heavy atom. The standard InChI is InChI=1S/C19H18ClN3O5/c20-13-6-2-1-5-12(13)18(25)21-10-9-17(24)22-23-19(26)16-11-27-14-7-3-4-8-15(14)28-16/h1-8,16H,9-11H2,(H,21,25)(H,22,24)(H,23,26)/t16-/m0/s1. The van der Waals surface area contributed by atoms with Crippen molar-refractivity contribution in [1.29, 1.82) is 0 Å². The van der Waals surface area contributed by atoms with E-state index in [2.05, 4.69) is 16.2 Å². The van der Waals surface area contributed by atoms with Crippen molar-refractivity contribution in [3.63, 3.8) is 0 Å². The molecular formula is C19H18ClN3O5. The van der Waals surface area contributed by atoms with Crippen LogP contribution in [0.25, 0.3) is 0 Å². The van der Waals surface area contributed by atoms with Crippen LogP contribution in [-0.2, 0) is 9.59 Å². The third-order valence-corrected chi connectivity index (χ3v) is 4.21. The van der Waals surface area contributed by atoms with Crippen LogP contribution < -0.4 is 25.6 Å². The summed E-state index contributed by atoms with van der Waals surface area (Å²) in [5.74, 6) is -0.367. The number of rotatable bonds is 5. The number of hydrazine groups is 1.